The number of nitrogens with zero attached hydrogens (tertiary/aromatic N) is 2. The second kappa shape index (κ2) is 16.0. The van der Waals surface area contributed by atoms with Crippen molar-refractivity contribution in [1.29, 1.82) is 0 Å². The summed E-state index contributed by atoms with van der Waals surface area (Å²) in [6.45, 7) is 16.0. The fourth-order valence-electron chi connectivity index (χ4n) is 11.0. The van der Waals surface area contributed by atoms with E-state index in [9.17, 15) is 29.4 Å². The van der Waals surface area contributed by atoms with Crippen LogP contribution in [0.4, 0.5) is 4.79 Å². The molecule has 0 radical (unpaired) electrons. The second-order valence-corrected chi connectivity index (χ2v) is 19.5. The largest absolute Gasteiger partial charge is 0.456 e. The predicted molar refractivity (Wildman–Crippen MR) is 216 cm³/mol. The highest BCUT2D eigenvalue weighted by Gasteiger charge is 2.77. The number of ether oxygens (including phenoxy) is 7. The Labute approximate surface area is 360 Å². The molecule has 3 N–H and O–H groups in total. The van der Waals surface area contributed by atoms with Gasteiger partial charge in [-0.05, 0) is 83.3 Å². The molecule has 17 heteroatoms. The molecule has 6 aliphatic rings. The summed E-state index contributed by atoms with van der Waals surface area (Å²) in [6.07, 6.45) is -4.48. The Hall–Kier alpha value is -4.39. The normalized spacial score (nSPS) is 35.8. The Morgan fingerprint density at radius 1 is 1.06 bits per heavy atom. The van der Waals surface area contributed by atoms with E-state index >= 15 is 0 Å². The van der Waals surface area contributed by atoms with E-state index in [2.05, 4.69) is 15.2 Å². The average molecular weight is 866 g/mol. The summed E-state index contributed by atoms with van der Waals surface area (Å²) in [5, 5.41) is 28.1. The van der Waals surface area contributed by atoms with Crippen LogP contribution in [0.5, 0.6) is 0 Å². The van der Waals surface area contributed by atoms with Gasteiger partial charge in [-0.15, -0.1) is 0 Å². The van der Waals surface area contributed by atoms with Crippen molar-refractivity contribution in [2.24, 2.45) is 16.7 Å². The summed E-state index contributed by atoms with van der Waals surface area (Å²) >= 11 is 0. The monoisotopic (exact) mass is 865 g/mol. The van der Waals surface area contributed by atoms with Crippen LogP contribution in [0.1, 0.15) is 103 Å². The highest BCUT2D eigenvalue weighted by molar-refractivity contribution is 5.89. The highest BCUT2D eigenvalue weighted by Crippen LogP contribution is 2.66. The molecule has 12 atom stereocenters. The molecule has 2 saturated carbocycles. The number of nitrogens with one attached hydrogen (secondary N) is 1. The Balaban J connectivity index is 1.26. The van der Waals surface area contributed by atoms with Crippen molar-refractivity contribution < 1.29 is 67.0 Å². The van der Waals surface area contributed by atoms with Gasteiger partial charge < -0.3 is 53.1 Å². The van der Waals surface area contributed by atoms with Gasteiger partial charge in [-0.25, -0.2) is 19.4 Å². The van der Waals surface area contributed by atoms with Crippen LogP contribution in [-0.4, -0.2) is 130 Å². The lowest BCUT2D eigenvalue weighted by atomic mass is 9.45. The number of alkyl carbamates (subject to hydrolysis) is 1. The van der Waals surface area contributed by atoms with Gasteiger partial charge in [0.15, 0.2) is 24.4 Å². The molecule has 5 fully saturated rings. The number of esters is 3. The van der Waals surface area contributed by atoms with Gasteiger partial charge in [-0.1, -0.05) is 39.0 Å². The summed E-state index contributed by atoms with van der Waals surface area (Å²) in [5.41, 5.74) is -5.18. The minimum Gasteiger partial charge on any atom is -0.456 e. The van der Waals surface area contributed by atoms with Gasteiger partial charge >= 0.3 is 24.0 Å². The van der Waals surface area contributed by atoms with Gasteiger partial charge in [0, 0.05) is 30.7 Å². The van der Waals surface area contributed by atoms with Crippen molar-refractivity contribution in [3.05, 3.63) is 65.4 Å². The lowest BCUT2D eigenvalue weighted by molar-refractivity contribution is -0.345. The van der Waals surface area contributed by atoms with Crippen molar-refractivity contribution in [2.75, 3.05) is 26.2 Å². The lowest BCUT2D eigenvalue weighted by Crippen LogP contribution is -2.79. The van der Waals surface area contributed by atoms with Crippen LogP contribution < -0.4 is 5.32 Å². The number of carbonyl (C=O) groups is 4. The van der Waals surface area contributed by atoms with Crippen molar-refractivity contribution in [3.63, 3.8) is 0 Å². The van der Waals surface area contributed by atoms with Crippen LogP contribution in [0.15, 0.2) is 58.6 Å². The third-order valence-electron chi connectivity index (χ3n) is 14.2. The molecule has 0 unspecified atom stereocenters. The third kappa shape index (κ3) is 7.51. The predicted octanol–water partition coefficient (Wildman–Crippen LogP) is 4.16. The van der Waals surface area contributed by atoms with E-state index in [0.29, 0.717) is 30.5 Å². The molecule has 3 saturated heterocycles. The second-order valence-electron chi connectivity index (χ2n) is 19.5. The Morgan fingerprint density at radius 3 is 2.39 bits per heavy atom. The number of hydrogen-bond donors (Lipinski definition) is 3. The van der Waals surface area contributed by atoms with Crippen LogP contribution >= 0.6 is 0 Å². The van der Waals surface area contributed by atoms with E-state index in [-0.39, 0.29) is 24.3 Å². The zero-order valence-corrected chi connectivity index (χ0v) is 36.6. The average Bonchev–Trinajstić information content (AvgIpc) is 3.86. The molecule has 2 aromatic rings. The Bertz CT molecular complexity index is 2070. The number of amides is 1. The molecule has 4 heterocycles. The standard InChI is InChI=1S/C45H59N3O14/c1-24-28(57-39(52)33(50)32(27-21-55-23-46-27)47-40(53)62-41(3,4)5)19-45(54)37(60-38(51)26-13-10-9-11-14-26)35-43(8,16-15-29-44(35,22-56-29)61-25(2)49)36-34(31(24)42(45,6)7)58-30(59-36)20-48-17-12-18-48/h9-11,13-14,21,23,28-30,32-37,50,54H,12,15-20,22H2,1-8H3,(H,47,53)/t28-,29+,30+,32-,33+,34+,35-,36+,37-,43+,44-,45+/m0/s1. The van der Waals surface area contributed by atoms with E-state index < -0.39 is 107 Å². The van der Waals surface area contributed by atoms with Crippen LogP contribution in [0, 0.1) is 16.7 Å². The number of likely N-dealkylation sites (tertiary alicyclic amines) is 1. The zero-order valence-electron chi connectivity index (χ0n) is 36.6. The van der Waals surface area contributed by atoms with Gasteiger partial charge in [0.05, 0.1) is 24.2 Å². The van der Waals surface area contributed by atoms with Crippen LogP contribution in [0.25, 0.3) is 0 Å². The number of oxazole rings is 1. The maximum Gasteiger partial charge on any atom is 0.408 e. The molecule has 1 aromatic heterocycles. The molecule has 1 aromatic carbocycles. The minimum atomic E-state index is -2.07. The lowest BCUT2D eigenvalue weighted by Gasteiger charge is -2.68. The quantitative estimate of drug-likeness (QED) is 0.174. The highest BCUT2D eigenvalue weighted by atomic mass is 16.7. The molecule has 1 amide bonds. The Kier molecular flexibility index (Phi) is 11.4. The summed E-state index contributed by atoms with van der Waals surface area (Å²) in [6, 6.07) is 6.94. The molecular formula is C45H59N3O14. The summed E-state index contributed by atoms with van der Waals surface area (Å²) in [5.74, 6) is -3.38. The first kappa shape index (κ1) is 44.2. The molecule has 0 spiro atoms. The van der Waals surface area contributed by atoms with Crippen molar-refractivity contribution in [1.82, 2.24) is 15.2 Å². The van der Waals surface area contributed by atoms with Gasteiger partial charge in [0.2, 0.25) is 0 Å². The van der Waals surface area contributed by atoms with Crippen molar-refractivity contribution in [2.45, 2.75) is 147 Å². The van der Waals surface area contributed by atoms with E-state index in [1.807, 2.05) is 20.8 Å². The Morgan fingerprint density at radius 2 is 1.79 bits per heavy atom. The van der Waals surface area contributed by atoms with E-state index in [0.717, 1.165) is 25.9 Å². The number of carbonyl (C=O) groups excluding carboxylic acids is 4. The molecule has 2 bridgehead atoms. The van der Waals surface area contributed by atoms with Crippen molar-refractivity contribution >= 4 is 24.0 Å². The van der Waals surface area contributed by atoms with Gasteiger partial charge in [-0.2, -0.15) is 0 Å². The van der Waals surface area contributed by atoms with Gasteiger partial charge in [0.1, 0.15) is 53.6 Å². The van der Waals surface area contributed by atoms with Gasteiger partial charge in [0.25, 0.3) is 0 Å². The number of hydrogen-bond acceptors (Lipinski definition) is 16. The van der Waals surface area contributed by atoms with Gasteiger partial charge in [-0.3, -0.25) is 9.69 Å². The SMILES string of the molecule is CC(=O)O[C@@]12CO[C@@H]1CC[C@@]1(C)[C@@H]3O[C@H](CN4CCC4)O[C@@H]3C3=C(C)[C@@H](OC(=O)[C@H](O)[C@@H](NC(=O)OC(C)(C)C)c4cocn4)C[C@@](O)([C@@H](OC(=O)c4ccccc4)[C@@H]12)C3(C)C. The fraction of sp³-hybridized carbons (Fsp3) is 0.667. The minimum absolute atomic E-state index is 0.0223. The fourth-order valence-corrected chi connectivity index (χ4v) is 11.0. The van der Waals surface area contributed by atoms with Crippen LogP contribution in [0.3, 0.4) is 0 Å². The van der Waals surface area contributed by atoms with E-state index in [1.165, 1.54) is 13.2 Å². The first-order chi connectivity index (χ1) is 29.2. The molecule has 3 aliphatic heterocycles. The molecule has 17 nitrogen and oxygen atoms in total. The van der Waals surface area contributed by atoms with E-state index in [1.54, 1.807) is 58.0 Å². The molecular weight excluding hydrogens is 807 g/mol. The number of rotatable bonds is 10. The third-order valence-corrected chi connectivity index (χ3v) is 14.2. The first-order valence-electron chi connectivity index (χ1n) is 21.5. The van der Waals surface area contributed by atoms with E-state index in [4.69, 9.17) is 37.6 Å². The topological polar surface area (TPSA) is 215 Å². The molecule has 62 heavy (non-hydrogen) atoms. The van der Waals surface area contributed by atoms with Crippen molar-refractivity contribution in [3.8, 4) is 0 Å². The number of aromatic nitrogens is 1. The number of benzene rings is 1. The molecule has 8 rings (SSSR count). The smallest absolute Gasteiger partial charge is 0.408 e. The maximum atomic E-state index is 14.4. The van der Waals surface area contributed by atoms with Crippen LogP contribution in [-0.2, 0) is 42.7 Å². The molecule has 338 valence electrons. The maximum absolute atomic E-state index is 14.4. The van der Waals surface area contributed by atoms with Crippen LogP contribution in [0.2, 0.25) is 0 Å². The first-order valence-corrected chi connectivity index (χ1v) is 21.5. The number of aliphatic hydroxyl groups is 2. The zero-order chi connectivity index (χ0) is 44.6. The number of fused-ring (bicyclic) bond motifs is 8. The summed E-state index contributed by atoms with van der Waals surface area (Å²) in [4.78, 5) is 61.2. The number of aliphatic hydroxyl groups excluding tert-OH is 1. The molecule has 3 aliphatic carbocycles. The summed E-state index contributed by atoms with van der Waals surface area (Å²) < 4.78 is 49.9. The summed E-state index contributed by atoms with van der Waals surface area (Å²) in [7, 11) is 0.